The fraction of sp³-hybridized carbons (Fsp3) is 0.588. The molecule has 1 aromatic rings. The highest BCUT2D eigenvalue weighted by Crippen LogP contribution is 2.30. The van der Waals surface area contributed by atoms with Crippen molar-refractivity contribution in [3.63, 3.8) is 0 Å². The second-order valence-corrected chi connectivity index (χ2v) is 8.97. The Morgan fingerprint density at radius 2 is 2.09 bits per heavy atom. The lowest BCUT2D eigenvalue weighted by Crippen LogP contribution is -2.40. The number of fused-ring (bicyclic) bond motifs is 1. The number of amides is 2. The van der Waals surface area contributed by atoms with Crippen LogP contribution in [0.3, 0.4) is 0 Å². The molecular weight excluding hydrogens is 312 g/mol. The quantitative estimate of drug-likeness (QED) is 0.887. The number of carbonyl (C=O) groups is 1. The molecule has 2 rings (SSSR count). The van der Waals surface area contributed by atoms with E-state index in [4.69, 9.17) is 4.74 Å². The maximum Gasteiger partial charge on any atom is 0.315 e. The summed E-state index contributed by atoms with van der Waals surface area (Å²) in [5, 5.41) is 5.80. The Morgan fingerprint density at radius 1 is 1.35 bits per heavy atom. The number of hydrogen-bond acceptors (Lipinski definition) is 3. The van der Waals surface area contributed by atoms with Gasteiger partial charge < -0.3 is 15.4 Å². The van der Waals surface area contributed by atoms with Gasteiger partial charge in [-0.2, -0.15) is 0 Å². The van der Waals surface area contributed by atoms with Crippen molar-refractivity contribution in [1.29, 1.82) is 0 Å². The molecule has 2 amide bonds. The van der Waals surface area contributed by atoms with Gasteiger partial charge in [-0.3, -0.25) is 4.21 Å². The van der Waals surface area contributed by atoms with Crippen molar-refractivity contribution in [3.8, 4) is 5.75 Å². The first-order valence-electron chi connectivity index (χ1n) is 8.02. The van der Waals surface area contributed by atoms with Crippen LogP contribution >= 0.6 is 0 Å². The molecule has 0 aromatic heterocycles. The lowest BCUT2D eigenvalue weighted by molar-refractivity contribution is 0.237. The zero-order valence-corrected chi connectivity index (χ0v) is 14.9. The predicted molar refractivity (Wildman–Crippen MR) is 93.2 cm³/mol. The van der Waals surface area contributed by atoms with Crippen LogP contribution in [-0.4, -0.2) is 33.9 Å². The van der Waals surface area contributed by atoms with Crippen molar-refractivity contribution >= 4 is 16.8 Å². The normalized spacial score (nSPS) is 19.0. The summed E-state index contributed by atoms with van der Waals surface area (Å²) in [6.45, 7) is 6.88. The van der Waals surface area contributed by atoms with Crippen LogP contribution in [0.1, 0.15) is 45.2 Å². The first-order valence-corrected chi connectivity index (χ1v) is 9.34. The maximum absolute atomic E-state index is 12.1. The van der Waals surface area contributed by atoms with Crippen LogP contribution in [0.25, 0.3) is 0 Å². The number of hydrogen-bond donors (Lipinski definition) is 2. The Kier molecular flexibility index (Phi) is 6.04. The molecule has 1 aliphatic heterocycles. The fourth-order valence-corrected chi connectivity index (χ4v) is 3.35. The minimum Gasteiger partial charge on any atom is -0.493 e. The van der Waals surface area contributed by atoms with Crippen molar-refractivity contribution in [2.45, 2.75) is 44.4 Å². The van der Waals surface area contributed by atoms with Crippen molar-refractivity contribution in [2.24, 2.45) is 0 Å². The van der Waals surface area contributed by atoms with Gasteiger partial charge in [0, 0.05) is 33.4 Å². The van der Waals surface area contributed by atoms with Crippen molar-refractivity contribution in [1.82, 2.24) is 10.6 Å². The van der Waals surface area contributed by atoms with Gasteiger partial charge in [0.05, 0.1) is 12.6 Å². The van der Waals surface area contributed by atoms with Crippen LogP contribution < -0.4 is 15.4 Å². The van der Waals surface area contributed by atoms with Gasteiger partial charge in [0.2, 0.25) is 0 Å². The molecule has 6 heteroatoms. The second-order valence-electron chi connectivity index (χ2n) is 6.64. The number of ether oxygens (including phenoxy) is 1. The van der Waals surface area contributed by atoms with E-state index >= 15 is 0 Å². The average Bonchev–Trinajstić information content (AvgIpc) is 2.69. The smallest absolute Gasteiger partial charge is 0.315 e. The minimum absolute atomic E-state index is 0.0539. The van der Waals surface area contributed by atoms with E-state index in [0.29, 0.717) is 18.9 Å². The van der Waals surface area contributed by atoms with Crippen molar-refractivity contribution in [3.05, 3.63) is 29.8 Å². The summed E-state index contributed by atoms with van der Waals surface area (Å²) in [7, 11) is -0.962. The molecule has 23 heavy (non-hydrogen) atoms. The number of para-hydroxylation sites is 1. The molecule has 1 heterocycles. The van der Waals surface area contributed by atoms with Crippen LogP contribution in [0.2, 0.25) is 0 Å². The number of carbonyl (C=O) groups excluding carboxylic acids is 1. The SMILES string of the molecule is CC(C)(C)[S@](=O)CCNC(=O)N[C@@H]1CCCOc2ccccc21. The Hall–Kier alpha value is -1.56. The Balaban J connectivity index is 1.87. The van der Waals surface area contributed by atoms with Gasteiger partial charge in [-0.1, -0.05) is 18.2 Å². The standard InChI is InChI=1S/C17H26N2O3S/c1-17(2,3)23(21)12-10-18-16(20)19-14-8-6-11-22-15-9-5-4-7-13(14)15/h4-5,7,9,14H,6,8,10-12H2,1-3H3,(H2,18,19,20)/t14-,23-/m1/s1. The van der Waals surface area contributed by atoms with Crippen LogP contribution in [-0.2, 0) is 10.8 Å². The third-order valence-electron chi connectivity index (χ3n) is 3.75. The Bertz CT molecular complexity index is 569. The minimum atomic E-state index is -0.962. The molecule has 1 aromatic carbocycles. The molecule has 0 fully saturated rings. The first-order chi connectivity index (χ1) is 10.9. The molecule has 0 radical (unpaired) electrons. The summed E-state index contributed by atoms with van der Waals surface area (Å²) in [5.74, 6) is 1.30. The van der Waals surface area contributed by atoms with E-state index in [1.54, 1.807) is 0 Å². The number of urea groups is 1. The molecule has 0 unspecified atom stereocenters. The van der Waals surface area contributed by atoms with Crippen LogP contribution in [0.4, 0.5) is 4.79 Å². The average molecular weight is 338 g/mol. The Labute approximate surface area is 140 Å². The highest BCUT2D eigenvalue weighted by molar-refractivity contribution is 7.86. The summed E-state index contributed by atoms with van der Waals surface area (Å²) < 4.78 is 17.4. The molecule has 0 saturated carbocycles. The number of rotatable bonds is 4. The zero-order chi connectivity index (χ0) is 16.9. The van der Waals surface area contributed by atoms with E-state index in [2.05, 4.69) is 10.6 Å². The van der Waals surface area contributed by atoms with E-state index < -0.39 is 10.8 Å². The molecule has 128 valence electrons. The lowest BCUT2D eigenvalue weighted by Gasteiger charge is -2.20. The van der Waals surface area contributed by atoms with Crippen molar-refractivity contribution in [2.75, 3.05) is 18.9 Å². The molecule has 0 spiro atoms. The number of nitrogens with one attached hydrogen (secondary N) is 2. The summed E-state index contributed by atoms with van der Waals surface area (Å²) >= 11 is 0. The van der Waals surface area contributed by atoms with Gasteiger partial charge in [0.1, 0.15) is 5.75 Å². The highest BCUT2D eigenvalue weighted by atomic mass is 32.2. The van der Waals surface area contributed by atoms with Crippen LogP contribution in [0, 0.1) is 0 Å². The first kappa shape index (κ1) is 17.8. The summed E-state index contributed by atoms with van der Waals surface area (Å²) in [6, 6.07) is 7.52. The zero-order valence-electron chi connectivity index (χ0n) is 14.1. The van der Waals surface area contributed by atoms with E-state index in [0.717, 1.165) is 24.2 Å². The van der Waals surface area contributed by atoms with Gasteiger partial charge in [-0.25, -0.2) is 4.79 Å². The highest BCUT2D eigenvalue weighted by Gasteiger charge is 2.22. The molecular formula is C17H26N2O3S. The topological polar surface area (TPSA) is 67.4 Å². The number of benzene rings is 1. The molecule has 2 atom stereocenters. The molecule has 5 nitrogen and oxygen atoms in total. The molecule has 0 aliphatic carbocycles. The Morgan fingerprint density at radius 3 is 2.83 bits per heavy atom. The maximum atomic E-state index is 12.1. The third kappa shape index (κ3) is 5.23. The van der Waals surface area contributed by atoms with E-state index in [9.17, 15) is 9.00 Å². The second kappa shape index (κ2) is 7.81. The summed E-state index contributed by atoms with van der Waals surface area (Å²) in [5.41, 5.74) is 1.01. The van der Waals surface area contributed by atoms with Gasteiger partial charge in [-0.15, -0.1) is 0 Å². The summed E-state index contributed by atoms with van der Waals surface area (Å²) in [6.07, 6.45) is 1.74. The fourth-order valence-electron chi connectivity index (χ4n) is 2.45. The van der Waals surface area contributed by atoms with E-state index in [1.165, 1.54) is 0 Å². The van der Waals surface area contributed by atoms with Crippen LogP contribution in [0.5, 0.6) is 5.75 Å². The molecule has 1 aliphatic rings. The van der Waals surface area contributed by atoms with Crippen molar-refractivity contribution < 1.29 is 13.7 Å². The van der Waals surface area contributed by atoms with E-state index in [-0.39, 0.29) is 16.8 Å². The van der Waals surface area contributed by atoms with Gasteiger partial charge >= 0.3 is 6.03 Å². The predicted octanol–water partition coefficient (Wildman–Crippen LogP) is 2.75. The van der Waals surface area contributed by atoms with Gasteiger partial charge in [-0.05, 0) is 39.7 Å². The van der Waals surface area contributed by atoms with Gasteiger partial charge in [0.25, 0.3) is 0 Å². The van der Waals surface area contributed by atoms with E-state index in [1.807, 2.05) is 45.0 Å². The monoisotopic (exact) mass is 338 g/mol. The molecule has 0 saturated heterocycles. The van der Waals surface area contributed by atoms with Gasteiger partial charge in [0.15, 0.2) is 0 Å². The summed E-state index contributed by atoms with van der Waals surface area (Å²) in [4.78, 5) is 12.1. The third-order valence-corrected chi connectivity index (χ3v) is 5.69. The molecule has 0 bridgehead atoms. The lowest BCUT2D eigenvalue weighted by atomic mass is 10.0. The largest absolute Gasteiger partial charge is 0.493 e. The van der Waals surface area contributed by atoms with Crippen LogP contribution in [0.15, 0.2) is 24.3 Å². The molecule has 2 N–H and O–H groups in total.